The molecule has 1 saturated heterocycles. The van der Waals surface area contributed by atoms with Crippen LogP contribution in [0.25, 0.3) is 4.85 Å². The number of anilines is 2. The number of benzene rings is 2. The minimum absolute atomic E-state index is 0.106. The normalized spacial score (nSPS) is 23.9. The van der Waals surface area contributed by atoms with Crippen LogP contribution in [0.1, 0.15) is 63.0 Å². The zero-order valence-corrected chi connectivity index (χ0v) is 21.9. The average Bonchev–Trinajstić information content (AvgIpc) is 3.36. The summed E-state index contributed by atoms with van der Waals surface area (Å²) in [7, 11) is 0. The SMILES string of the molecule is CC1(F)CCCC(N(C(=O)CC2(C(=O)O)CCNCC2)c2cccc([N+]#Cc3ccc4c(c3)NCC4)c2)C1. The van der Waals surface area contributed by atoms with Gasteiger partial charge in [-0.3, -0.25) is 9.59 Å². The van der Waals surface area contributed by atoms with Gasteiger partial charge in [0, 0.05) is 37.2 Å². The van der Waals surface area contributed by atoms with Crippen molar-refractivity contribution in [2.24, 2.45) is 5.41 Å². The summed E-state index contributed by atoms with van der Waals surface area (Å²) in [5.74, 6) is -1.21. The molecule has 1 amide bonds. The fraction of sp³-hybridized carbons (Fsp3) is 0.500. The van der Waals surface area contributed by atoms with Crippen LogP contribution < -0.4 is 15.5 Å². The first kappa shape index (κ1) is 26.2. The summed E-state index contributed by atoms with van der Waals surface area (Å²) in [6.45, 7) is 3.64. The van der Waals surface area contributed by atoms with E-state index in [0.29, 0.717) is 56.6 Å². The molecule has 1 saturated carbocycles. The number of nitrogens with zero attached hydrogens (tertiary/aromatic N) is 2. The molecule has 2 aromatic carbocycles. The lowest BCUT2D eigenvalue weighted by molar-refractivity contribution is -0.153. The Labute approximate surface area is 223 Å². The minimum Gasteiger partial charge on any atom is -0.481 e. The second-order valence-electron chi connectivity index (χ2n) is 11.2. The number of carboxylic acids is 1. The van der Waals surface area contributed by atoms with E-state index in [9.17, 15) is 14.7 Å². The first-order chi connectivity index (χ1) is 18.2. The van der Waals surface area contributed by atoms with Crippen LogP contribution in [0.15, 0.2) is 42.5 Å². The Hall–Kier alpha value is -3.44. The molecule has 2 aromatic rings. The van der Waals surface area contributed by atoms with Crippen LogP contribution in [0.4, 0.5) is 21.5 Å². The highest BCUT2D eigenvalue weighted by Gasteiger charge is 2.45. The molecule has 3 N–H and O–H groups in total. The van der Waals surface area contributed by atoms with Gasteiger partial charge in [-0.15, -0.1) is 0 Å². The van der Waals surface area contributed by atoms with Crippen LogP contribution in [0.3, 0.4) is 0 Å². The highest BCUT2D eigenvalue weighted by molar-refractivity contribution is 5.97. The van der Waals surface area contributed by atoms with Gasteiger partial charge in [0.15, 0.2) is 0 Å². The Morgan fingerprint density at radius 1 is 1.16 bits per heavy atom. The summed E-state index contributed by atoms with van der Waals surface area (Å²) in [5, 5.41) is 16.6. The Morgan fingerprint density at radius 2 is 1.97 bits per heavy atom. The van der Waals surface area contributed by atoms with E-state index in [0.717, 1.165) is 24.2 Å². The monoisotopic (exact) mass is 519 g/mol. The molecule has 200 valence electrons. The Bertz CT molecular complexity index is 1280. The van der Waals surface area contributed by atoms with E-state index in [4.69, 9.17) is 0 Å². The van der Waals surface area contributed by atoms with E-state index in [1.165, 1.54) is 5.56 Å². The quantitative estimate of drug-likeness (QED) is 0.485. The van der Waals surface area contributed by atoms with Crippen molar-refractivity contribution < 1.29 is 19.1 Å². The molecule has 5 rings (SSSR count). The molecule has 0 spiro atoms. The van der Waals surface area contributed by atoms with Crippen LogP contribution in [-0.2, 0) is 16.0 Å². The predicted octanol–water partition coefficient (Wildman–Crippen LogP) is 5.52. The fourth-order valence-electron chi connectivity index (χ4n) is 6.13. The number of carboxylic acid groups (broad SMARTS) is 1. The van der Waals surface area contributed by atoms with Gasteiger partial charge in [0.1, 0.15) is 11.2 Å². The summed E-state index contributed by atoms with van der Waals surface area (Å²) in [6, 6.07) is 16.2. The number of hydrogen-bond donors (Lipinski definition) is 3. The summed E-state index contributed by atoms with van der Waals surface area (Å²) in [5.41, 5.74) is 2.00. The van der Waals surface area contributed by atoms with Crippen molar-refractivity contribution >= 4 is 28.9 Å². The summed E-state index contributed by atoms with van der Waals surface area (Å²) >= 11 is 0. The Balaban J connectivity index is 1.45. The molecule has 7 nitrogen and oxygen atoms in total. The minimum atomic E-state index is -1.37. The third-order valence-corrected chi connectivity index (χ3v) is 8.28. The van der Waals surface area contributed by atoms with Crippen molar-refractivity contribution in [2.75, 3.05) is 29.9 Å². The van der Waals surface area contributed by atoms with E-state index >= 15 is 4.39 Å². The number of carbonyl (C=O) groups is 2. The smallest absolute Gasteiger partial charge is 0.342 e. The average molecular weight is 520 g/mol. The molecule has 0 bridgehead atoms. The van der Waals surface area contributed by atoms with Gasteiger partial charge in [0.2, 0.25) is 5.91 Å². The molecule has 2 atom stereocenters. The maximum Gasteiger partial charge on any atom is 0.342 e. The molecular formula is C30H36FN4O3+. The maximum absolute atomic E-state index is 15.1. The number of fused-ring (bicyclic) bond motifs is 1. The molecule has 2 unspecified atom stereocenters. The summed E-state index contributed by atoms with van der Waals surface area (Å²) in [6.07, 6.45) is 3.72. The number of amides is 1. The first-order valence-corrected chi connectivity index (χ1v) is 13.6. The van der Waals surface area contributed by atoms with Crippen LogP contribution in [0.5, 0.6) is 0 Å². The number of rotatable bonds is 5. The van der Waals surface area contributed by atoms with E-state index in [1.54, 1.807) is 11.8 Å². The third kappa shape index (κ3) is 5.68. The number of alkyl halides is 1. The lowest BCUT2D eigenvalue weighted by Gasteiger charge is -2.41. The number of aliphatic carboxylic acids is 1. The first-order valence-electron chi connectivity index (χ1n) is 13.6. The van der Waals surface area contributed by atoms with E-state index in [1.807, 2.05) is 36.4 Å². The molecular weight excluding hydrogens is 483 g/mol. The molecule has 0 aromatic heterocycles. The lowest BCUT2D eigenvalue weighted by Crippen LogP contribution is -2.50. The second kappa shape index (κ2) is 10.7. The van der Waals surface area contributed by atoms with E-state index in [-0.39, 0.29) is 24.8 Å². The van der Waals surface area contributed by atoms with E-state index in [2.05, 4.69) is 27.6 Å². The van der Waals surface area contributed by atoms with Crippen LogP contribution in [0.2, 0.25) is 0 Å². The molecule has 8 heteroatoms. The zero-order chi connectivity index (χ0) is 26.8. The van der Waals surface area contributed by atoms with Gasteiger partial charge in [0.25, 0.3) is 0 Å². The zero-order valence-electron chi connectivity index (χ0n) is 21.9. The summed E-state index contributed by atoms with van der Waals surface area (Å²) in [4.78, 5) is 32.4. The molecule has 2 aliphatic heterocycles. The van der Waals surface area contributed by atoms with E-state index < -0.39 is 17.1 Å². The highest BCUT2D eigenvalue weighted by Crippen LogP contribution is 2.40. The van der Waals surface area contributed by atoms with Gasteiger partial charge >= 0.3 is 17.7 Å². The van der Waals surface area contributed by atoms with Gasteiger partial charge in [-0.1, -0.05) is 12.1 Å². The number of piperidine rings is 1. The molecule has 38 heavy (non-hydrogen) atoms. The van der Waals surface area contributed by atoms with Gasteiger partial charge < -0.3 is 20.6 Å². The standard InChI is InChI=1S/C30H35FN4O3/c1-29(31)10-3-6-25(18-29)35(27(36)19-30(28(37)38)11-14-32-15-12-30)24-5-2-4-23(17-24)34-20-21-7-8-22-9-13-33-26(22)16-21/h2,4-5,7-8,16-17,25,32-33H,3,6,9-15,18-19H2,1H3/p+1. The molecule has 3 aliphatic rings. The highest BCUT2D eigenvalue weighted by atomic mass is 19.1. The number of carbonyl (C=O) groups excluding carboxylic acids is 1. The molecule has 1 aliphatic carbocycles. The number of hydrogen-bond acceptors (Lipinski definition) is 4. The summed E-state index contributed by atoms with van der Waals surface area (Å²) < 4.78 is 15.1. The Kier molecular flexibility index (Phi) is 7.40. The van der Waals surface area contributed by atoms with Crippen LogP contribution >= 0.6 is 0 Å². The largest absolute Gasteiger partial charge is 0.481 e. The fourth-order valence-corrected chi connectivity index (χ4v) is 6.13. The van der Waals surface area contributed by atoms with Crippen molar-refractivity contribution in [3.8, 4) is 6.07 Å². The topological polar surface area (TPSA) is 86.0 Å². The van der Waals surface area contributed by atoms with Crippen LogP contribution in [-0.4, -0.2) is 48.3 Å². The molecule has 2 fully saturated rings. The van der Waals surface area contributed by atoms with Crippen molar-refractivity contribution in [3.63, 3.8) is 0 Å². The second-order valence-corrected chi connectivity index (χ2v) is 11.2. The maximum atomic E-state index is 15.1. The molecule has 0 radical (unpaired) electrons. The van der Waals surface area contributed by atoms with Crippen molar-refractivity contribution in [1.29, 1.82) is 0 Å². The van der Waals surface area contributed by atoms with Gasteiger partial charge in [-0.2, -0.15) is 0 Å². The van der Waals surface area contributed by atoms with Gasteiger partial charge in [-0.05, 0) is 87.1 Å². The third-order valence-electron chi connectivity index (χ3n) is 8.28. The lowest BCUT2D eigenvalue weighted by atomic mass is 9.75. The van der Waals surface area contributed by atoms with Gasteiger partial charge in [0.05, 0.1) is 17.2 Å². The van der Waals surface area contributed by atoms with Gasteiger partial charge in [-0.25, -0.2) is 4.39 Å². The Morgan fingerprint density at radius 3 is 2.74 bits per heavy atom. The number of nitrogens with one attached hydrogen (secondary N) is 2. The number of halogens is 1. The predicted molar refractivity (Wildman–Crippen MR) is 147 cm³/mol. The van der Waals surface area contributed by atoms with Crippen molar-refractivity contribution in [2.45, 2.75) is 70.0 Å². The van der Waals surface area contributed by atoms with Crippen molar-refractivity contribution in [1.82, 2.24) is 5.32 Å². The van der Waals surface area contributed by atoms with Crippen LogP contribution in [0, 0.1) is 11.5 Å². The van der Waals surface area contributed by atoms with Crippen molar-refractivity contribution in [3.05, 3.63) is 58.4 Å². The molecule has 2 heterocycles.